The van der Waals surface area contributed by atoms with Crippen LogP contribution < -0.4 is 5.73 Å². The van der Waals surface area contributed by atoms with Gasteiger partial charge in [0.1, 0.15) is 5.69 Å². The third-order valence-corrected chi connectivity index (χ3v) is 2.94. The van der Waals surface area contributed by atoms with E-state index in [0.717, 1.165) is 5.39 Å². The first kappa shape index (κ1) is 12.4. The van der Waals surface area contributed by atoms with Crippen molar-refractivity contribution in [3.05, 3.63) is 34.5 Å². The van der Waals surface area contributed by atoms with Crippen molar-refractivity contribution in [2.45, 2.75) is 12.8 Å². The Labute approximate surface area is 108 Å². The molecule has 0 aliphatic heterocycles. The van der Waals surface area contributed by atoms with Gasteiger partial charge in [-0.1, -0.05) is 11.6 Å². The van der Waals surface area contributed by atoms with E-state index in [4.69, 9.17) is 22.4 Å². The fourth-order valence-electron chi connectivity index (χ4n) is 1.92. The number of aryl methyl sites for hydroxylation is 1. The fraction of sp³-hybridized carbons (Fsp3) is 0.167. The Bertz CT molecular complexity index is 634. The zero-order valence-electron chi connectivity index (χ0n) is 9.37. The highest BCUT2D eigenvalue weighted by molar-refractivity contribution is 6.31. The monoisotopic (exact) mass is 266 g/mol. The first-order valence-corrected chi connectivity index (χ1v) is 5.68. The molecule has 1 heterocycles. The summed E-state index contributed by atoms with van der Waals surface area (Å²) in [6, 6.07) is 5.11. The Morgan fingerprint density at radius 2 is 2.11 bits per heavy atom. The van der Waals surface area contributed by atoms with E-state index in [9.17, 15) is 9.59 Å². The fourth-order valence-corrected chi connectivity index (χ4v) is 2.09. The van der Waals surface area contributed by atoms with E-state index in [1.807, 2.05) is 0 Å². The molecule has 1 aromatic heterocycles. The summed E-state index contributed by atoms with van der Waals surface area (Å²) in [6.45, 7) is 0. The van der Waals surface area contributed by atoms with Crippen molar-refractivity contribution in [1.29, 1.82) is 0 Å². The van der Waals surface area contributed by atoms with Crippen molar-refractivity contribution in [2.75, 3.05) is 0 Å². The van der Waals surface area contributed by atoms with Crippen molar-refractivity contribution < 1.29 is 14.7 Å². The number of hydrogen-bond acceptors (Lipinski definition) is 2. The molecule has 18 heavy (non-hydrogen) atoms. The average Bonchev–Trinajstić information content (AvgIpc) is 2.64. The third-order valence-electron chi connectivity index (χ3n) is 2.70. The summed E-state index contributed by atoms with van der Waals surface area (Å²) in [5.41, 5.74) is 6.83. The molecule has 2 aromatic rings. The summed E-state index contributed by atoms with van der Waals surface area (Å²) in [4.78, 5) is 24.8. The molecule has 6 heteroatoms. The molecule has 1 aromatic carbocycles. The number of aliphatic carboxylic acids is 1. The van der Waals surface area contributed by atoms with Crippen molar-refractivity contribution in [1.82, 2.24) is 4.98 Å². The van der Waals surface area contributed by atoms with Crippen LogP contribution in [0.25, 0.3) is 10.9 Å². The van der Waals surface area contributed by atoms with Crippen LogP contribution in [0.1, 0.15) is 22.5 Å². The van der Waals surface area contributed by atoms with Gasteiger partial charge in [-0.3, -0.25) is 9.59 Å². The number of nitrogens with two attached hydrogens (primary N) is 1. The molecular formula is C12H11ClN2O3. The molecule has 0 atom stereocenters. The van der Waals surface area contributed by atoms with Crippen LogP contribution in [0.15, 0.2) is 18.2 Å². The Morgan fingerprint density at radius 1 is 1.39 bits per heavy atom. The number of amides is 1. The largest absolute Gasteiger partial charge is 0.481 e. The van der Waals surface area contributed by atoms with Gasteiger partial charge in [0.15, 0.2) is 0 Å². The number of H-pyrrole nitrogens is 1. The van der Waals surface area contributed by atoms with E-state index in [1.54, 1.807) is 18.2 Å². The number of benzene rings is 1. The second-order valence-electron chi connectivity index (χ2n) is 3.93. The van der Waals surface area contributed by atoms with Crippen molar-refractivity contribution >= 4 is 34.4 Å². The highest BCUT2D eigenvalue weighted by Crippen LogP contribution is 2.26. The second-order valence-corrected chi connectivity index (χ2v) is 4.36. The van der Waals surface area contributed by atoms with Crippen LogP contribution in [-0.4, -0.2) is 22.0 Å². The van der Waals surface area contributed by atoms with Gasteiger partial charge in [-0.15, -0.1) is 0 Å². The number of carboxylic acid groups (broad SMARTS) is 1. The predicted molar refractivity (Wildman–Crippen MR) is 67.8 cm³/mol. The molecule has 0 unspecified atom stereocenters. The smallest absolute Gasteiger partial charge is 0.303 e. The van der Waals surface area contributed by atoms with Crippen molar-refractivity contribution in [3.63, 3.8) is 0 Å². The summed E-state index contributed by atoms with van der Waals surface area (Å²) in [7, 11) is 0. The van der Waals surface area contributed by atoms with Crippen LogP contribution in [0.4, 0.5) is 0 Å². The number of carboxylic acids is 1. The summed E-state index contributed by atoms with van der Waals surface area (Å²) in [5, 5.41) is 9.97. The van der Waals surface area contributed by atoms with Crippen LogP contribution >= 0.6 is 11.6 Å². The Balaban J connectivity index is 2.57. The molecule has 0 aliphatic rings. The van der Waals surface area contributed by atoms with Gasteiger partial charge in [0.05, 0.1) is 0 Å². The molecule has 5 nitrogen and oxygen atoms in total. The predicted octanol–water partition coefficient (Wildman–Crippen LogP) is 1.94. The molecule has 2 rings (SSSR count). The lowest BCUT2D eigenvalue weighted by Gasteiger charge is -2.00. The van der Waals surface area contributed by atoms with Crippen LogP contribution in [0, 0.1) is 0 Å². The number of fused-ring (bicyclic) bond motifs is 1. The Hall–Kier alpha value is -2.01. The molecule has 4 N–H and O–H groups in total. The van der Waals surface area contributed by atoms with Gasteiger partial charge >= 0.3 is 5.97 Å². The van der Waals surface area contributed by atoms with Crippen LogP contribution in [0.5, 0.6) is 0 Å². The molecule has 0 saturated heterocycles. The molecule has 0 saturated carbocycles. The minimum Gasteiger partial charge on any atom is -0.481 e. The van der Waals surface area contributed by atoms with E-state index in [0.29, 0.717) is 16.1 Å². The number of carbonyl (C=O) groups excluding carboxylic acids is 1. The zero-order chi connectivity index (χ0) is 13.3. The molecule has 94 valence electrons. The van der Waals surface area contributed by atoms with E-state index < -0.39 is 11.9 Å². The number of carbonyl (C=O) groups is 2. The quantitative estimate of drug-likeness (QED) is 0.789. The maximum atomic E-state index is 11.3. The van der Waals surface area contributed by atoms with Gasteiger partial charge in [0.2, 0.25) is 0 Å². The maximum absolute atomic E-state index is 11.3. The molecule has 0 spiro atoms. The van der Waals surface area contributed by atoms with Crippen molar-refractivity contribution in [2.24, 2.45) is 5.73 Å². The van der Waals surface area contributed by atoms with E-state index in [2.05, 4.69) is 4.98 Å². The van der Waals surface area contributed by atoms with Gasteiger partial charge in [-0.05, 0) is 30.2 Å². The van der Waals surface area contributed by atoms with Gasteiger partial charge in [0, 0.05) is 22.3 Å². The normalized spacial score (nSPS) is 10.7. The number of aromatic amines is 1. The molecule has 0 aliphatic carbocycles. The Kier molecular flexibility index (Phi) is 3.25. The molecular weight excluding hydrogens is 256 g/mol. The first-order chi connectivity index (χ1) is 8.49. The standard InChI is InChI=1S/C12H11ClN2O3/c13-6-1-3-9-8(5-6)7(2-4-10(16)17)11(15-9)12(14)18/h1,3,5,15H,2,4H2,(H2,14,18)(H,16,17). The maximum Gasteiger partial charge on any atom is 0.303 e. The topological polar surface area (TPSA) is 96.2 Å². The minimum absolute atomic E-state index is 0.0697. The van der Waals surface area contributed by atoms with Gasteiger partial charge < -0.3 is 15.8 Å². The molecule has 0 radical (unpaired) electrons. The first-order valence-electron chi connectivity index (χ1n) is 5.30. The number of halogens is 1. The number of rotatable bonds is 4. The summed E-state index contributed by atoms with van der Waals surface area (Å²) >= 11 is 5.90. The molecule has 0 bridgehead atoms. The molecule has 1 amide bonds. The Morgan fingerprint density at radius 3 is 2.72 bits per heavy atom. The minimum atomic E-state index is -0.929. The lowest BCUT2D eigenvalue weighted by Crippen LogP contribution is -2.14. The highest BCUT2D eigenvalue weighted by Gasteiger charge is 2.16. The number of nitrogens with one attached hydrogen (secondary N) is 1. The van der Waals surface area contributed by atoms with Gasteiger partial charge in [0.25, 0.3) is 5.91 Å². The lowest BCUT2D eigenvalue weighted by molar-refractivity contribution is -0.136. The number of primary amides is 1. The van der Waals surface area contributed by atoms with E-state index in [1.165, 1.54) is 0 Å². The number of aromatic nitrogens is 1. The van der Waals surface area contributed by atoms with Gasteiger partial charge in [-0.2, -0.15) is 0 Å². The van der Waals surface area contributed by atoms with E-state index in [-0.39, 0.29) is 18.5 Å². The van der Waals surface area contributed by atoms with Crippen LogP contribution in [0.3, 0.4) is 0 Å². The summed E-state index contributed by atoms with van der Waals surface area (Å²) in [5.74, 6) is -1.54. The third kappa shape index (κ3) is 2.31. The van der Waals surface area contributed by atoms with Crippen LogP contribution in [0.2, 0.25) is 5.02 Å². The average molecular weight is 267 g/mol. The van der Waals surface area contributed by atoms with Gasteiger partial charge in [-0.25, -0.2) is 0 Å². The second kappa shape index (κ2) is 4.70. The van der Waals surface area contributed by atoms with Crippen molar-refractivity contribution in [3.8, 4) is 0 Å². The summed E-state index contributed by atoms with van der Waals surface area (Å²) < 4.78 is 0. The SMILES string of the molecule is NC(=O)c1[nH]c2ccc(Cl)cc2c1CCC(=O)O. The lowest BCUT2D eigenvalue weighted by atomic mass is 10.1. The number of hydrogen-bond donors (Lipinski definition) is 3. The molecule has 0 fully saturated rings. The summed E-state index contributed by atoms with van der Waals surface area (Å²) in [6.07, 6.45) is 0.160. The van der Waals surface area contributed by atoms with E-state index >= 15 is 0 Å². The van der Waals surface area contributed by atoms with Crippen LogP contribution in [-0.2, 0) is 11.2 Å². The highest BCUT2D eigenvalue weighted by atomic mass is 35.5. The zero-order valence-corrected chi connectivity index (χ0v) is 10.1.